The minimum absolute atomic E-state index is 0.126. The van der Waals surface area contributed by atoms with Crippen molar-refractivity contribution >= 4 is 60.7 Å². The molecule has 140 valence electrons. The average molecular weight is 475 g/mol. The lowest BCUT2D eigenvalue weighted by Gasteiger charge is -2.09. The molecule has 8 heteroatoms. The van der Waals surface area contributed by atoms with Gasteiger partial charge in [0.1, 0.15) is 11.4 Å². The number of carbonyl (C=O) groups excluding carboxylic acids is 1. The first kappa shape index (κ1) is 18.9. The SMILES string of the molecule is O=C(Cn1cnc2scc(-c3ccc(Cl)cc3)c2c1=O)Nc1ccccc1Br. The first-order valence-corrected chi connectivity index (χ1v) is 10.3. The molecule has 0 aliphatic carbocycles. The molecular weight excluding hydrogens is 462 g/mol. The fourth-order valence-corrected chi connectivity index (χ4v) is 4.25. The Labute approximate surface area is 177 Å². The quantitative estimate of drug-likeness (QED) is 0.443. The standard InChI is InChI=1S/C20H13BrClN3O2S/c21-15-3-1-2-4-16(15)24-17(26)9-25-11-23-19-18(20(25)27)14(10-28-19)12-5-7-13(22)8-6-12/h1-8,10-11H,9H2,(H,24,26). The van der Waals surface area contributed by atoms with Gasteiger partial charge in [0, 0.05) is 20.4 Å². The summed E-state index contributed by atoms with van der Waals surface area (Å²) in [6, 6.07) is 14.6. The zero-order valence-corrected chi connectivity index (χ0v) is 17.5. The topological polar surface area (TPSA) is 64.0 Å². The fraction of sp³-hybridized carbons (Fsp3) is 0.0500. The van der Waals surface area contributed by atoms with E-state index in [0.29, 0.717) is 20.9 Å². The molecule has 0 saturated carbocycles. The first-order valence-electron chi connectivity index (χ1n) is 8.30. The highest BCUT2D eigenvalue weighted by Gasteiger charge is 2.15. The molecule has 1 N–H and O–H groups in total. The number of hydrogen-bond donors (Lipinski definition) is 1. The molecule has 2 aromatic heterocycles. The van der Waals surface area contributed by atoms with Crippen molar-refractivity contribution in [3.63, 3.8) is 0 Å². The van der Waals surface area contributed by atoms with E-state index in [9.17, 15) is 9.59 Å². The normalized spacial score (nSPS) is 10.9. The fourth-order valence-electron chi connectivity index (χ4n) is 2.83. The first-order chi connectivity index (χ1) is 13.5. The zero-order chi connectivity index (χ0) is 19.7. The van der Waals surface area contributed by atoms with E-state index in [2.05, 4.69) is 26.2 Å². The highest BCUT2D eigenvalue weighted by Crippen LogP contribution is 2.31. The molecule has 0 radical (unpaired) electrons. The Morgan fingerprint density at radius 3 is 2.68 bits per heavy atom. The minimum atomic E-state index is -0.307. The highest BCUT2D eigenvalue weighted by atomic mass is 79.9. The van der Waals surface area contributed by atoms with Crippen LogP contribution in [0.1, 0.15) is 0 Å². The molecule has 28 heavy (non-hydrogen) atoms. The van der Waals surface area contributed by atoms with E-state index in [0.717, 1.165) is 15.6 Å². The summed E-state index contributed by atoms with van der Waals surface area (Å²) < 4.78 is 2.09. The van der Waals surface area contributed by atoms with Crippen molar-refractivity contribution in [1.82, 2.24) is 9.55 Å². The third kappa shape index (κ3) is 3.73. The van der Waals surface area contributed by atoms with Crippen molar-refractivity contribution < 1.29 is 4.79 Å². The smallest absolute Gasteiger partial charge is 0.263 e. The van der Waals surface area contributed by atoms with Gasteiger partial charge in [-0.05, 0) is 45.8 Å². The van der Waals surface area contributed by atoms with Crippen molar-refractivity contribution in [2.75, 3.05) is 5.32 Å². The highest BCUT2D eigenvalue weighted by molar-refractivity contribution is 9.10. The lowest BCUT2D eigenvalue weighted by Crippen LogP contribution is -2.27. The Balaban J connectivity index is 1.67. The van der Waals surface area contributed by atoms with Gasteiger partial charge in [-0.15, -0.1) is 11.3 Å². The Hall–Kier alpha value is -2.48. The molecule has 1 amide bonds. The lowest BCUT2D eigenvalue weighted by atomic mass is 10.1. The summed E-state index contributed by atoms with van der Waals surface area (Å²) in [5.74, 6) is -0.307. The molecule has 0 unspecified atom stereocenters. The number of hydrogen-bond acceptors (Lipinski definition) is 4. The van der Waals surface area contributed by atoms with Crippen LogP contribution in [-0.4, -0.2) is 15.5 Å². The number of nitrogens with zero attached hydrogens (tertiary/aromatic N) is 2. The molecule has 0 spiro atoms. The van der Waals surface area contributed by atoms with Crippen LogP contribution < -0.4 is 10.9 Å². The summed E-state index contributed by atoms with van der Waals surface area (Å²) in [5.41, 5.74) is 2.06. The van der Waals surface area contributed by atoms with Gasteiger partial charge in [-0.2, -0.15) is 0 Å². The number of anilines is 1. The second-order valence-electron chi connectivity index (χ2n) is 6.04. The maximum absolute atomic E-state index is 13.0. The van der Waals surface area contributed by atoms with E-state index in [1.165, 1.54) is 22.2 Å². The Kier molecular flexibility index (Phi) is 5.30. The van der Waals surface area contributed by atoms with Crippen LogP contribution >= 0.6 is 38.9 Å². The second kappa shape index (κ2) is 7.87. The molecule has 0 aliphatic rings. The molecule has 0 bridgehead atoms. The van der Waals surface area contributed by atoms with Gasteiger partial charge in [-0.1, -0.05) is 35.9 Å². The van der Waals surface area contributed by atoms with Gasteiger partial charge >= 0.3 is 0 Å². The van der Waals surface area contributed by atoms with Crippen LogP contribution in [0.5, 0.6) is 0 Å². The molecule has 0 fully saturated rings. The van der Waals surface area contributed by atoms with Crippen LogP contribution in [0.3, 0.4) is 0 Å². The number of aromatic nitrogens is 2. The molecule has 5 nitrogen and oxygen atoms in total. The van der Waals surface area contributed by atoms with Crippen molar-refractivity contribution in [3.05, 3.63) is 80.1 Å². The van der Waals surface area contributed by atoms with Crippen molar-refractivity contribution in [1.29, 1.82) is 0 Å². The summed E-state index contributed by atoms with van der Waals surface area (Å²) in [5, 5.41) is 5.82. The summed E-state index contributed by atoms with van der Waals surface area (Å²) in [6.45, 7) is -0.126. The predicted molar refractivity (Wildman–Crippen MR) is 117 cm³/mol. The van der Waals surface area contributed by atoms with Crippen LogP contribution in [0.15, 0.2) is 69.5 Å². The zero-order valence-electron chi connectivity index (χ0n) is 14.4. The van der Waals surface area contributed by atoms with E-state index in [1.54, 1.807) is 18.2 Å². The van der Waals surface area contributed by atoms with Crippen molar-refractivity contribution in [3.8, 4) is 11.1 Å². The monoisotopic (exact) mass is 473 g/mol. The van der Waals surface area contributed by atoms with Gasteiger partial charge in [0.05, 0.1) is 17.4 Å². The average Bonchev–Trinajstić information content (AvgIpc) is 3.11. The number of rotatable bonds is 4. The summed E-state index contributed by atoms with van der Waals surface area (Å²) in [6.07, 6.45) is 1.41. The maximum atomic E-state index is 13.0. The van der Waals surface area contributed by atoms with E-state index in [-0.39, 0.29) is 18.0 Å². The van der Waals surface area contributed by atoms with Crippen LogP contribution in [0, 0.1) is 0 Å². The van der Waals surface area contributed by atoms with E-state index in [1.807, 2.05) is 35.7 Å². The predicted octanol–water partition coefficient (Wildman–Crippen LogP) is 5.18. The minimum Gasteiger partial charge on any atom is -0.324 e. The van der Waals surface area contributed by atoms with Gasteiger partial charge in [0.2, 0.25) is 5.91 Å². The van der Waals surface area contributed by atoms with Gasteiger partial charge in [-0.3, -0.25) is 14.2 Å². The molecule has 2 aromatic carbocycles. The summed E-state index contributed by atoms with van der Waals surface area (Å²) >= 11 is 10.7. The van der Waals surface area contributed by atoms with E-state index >= 15 is 0 Å². The molecular formula is C20H13BrClN3O2S. The number of para-hydroxylation sites is 1. The molecule has 0 saturated heterocycles. The third-order valence-electron chi connectivity index (χ3n) is 4.18. The maximum Gasteiger partial charge on any atom is 0.263 e. The van der Waals surface area contributed by atoms with Gasteiger partial charge < -0.3 is 5.32 Å². The summed E-state index contributed by atoms with van der Waals surface area (Å²) in [7, 11) is 0. The number of fused-ring (bicyclic) bond motifs is 1. The van der Waals surface area contributed by atoms with Crippen LogP contribution in [0.25, 0.3) is 21.3 Å². The van der Waals surface area contributed by atoms with E-state index < -0.39 is 0 Å². The van der Waals surface area contributed by atoms with Gasteiger partial charge in [-0.25, -0.2) is 4.98 Å². The number of thiophene rings is 1. The van der Waals surface area contributed by atoms with Crippen molar-refractivity contribution in [2.45, 2.75) is 6.54 Å². The third-order valence-corrected chi connectivity index (χ3v) is 6.01. The number of benzene rings is 2. The number of nitrogens with one attached hydrogen (secondary N) is 1. The molecule has 0 atom stereocenters. The second-order valence-corrected chi connectivity index (χ2v) is 8.19. The Bertz CT molecular complexity index is 1230. The van der Waals surface area contributed by atoms with Crippen molar-refractivity contribution in [2.24, 2.45) is 0 Å². The molecule has 4 aromatic rings. The van der Waals surface area contributed by atoms with Crippen LogP contribution in [0.4, 0.5) is 5.69 Å². The van der Waals surface area contributed by atoms with E-state index in [4.69, 9.17) is 11.6 Å². The molecule has 0 aliphatic heterocycles. The number of carbonyl (C=O) groups is 1. The van der Waals surface area contributed by atoms with Gasteiger partial charge in [0.15, 0.2) is 0 Å². The van der Waals surface area contributed by atoms with Crippen LogP contribution in [-0.2, 0) is 11.3 Å². The summed E-state index contributed by atoms with van der Waals surface area (Å²) in [4.78, 5) is 30.4. The van der Waals surface area contributed by atoms with Crippen LogP contribution in [0.2, 0.25) is 5.02 Å². The number of halogens is 2. The number of amides is 1. The molecule has 2 heterocycles. The molecule has 4 rings (SSSR count). The van der Waals surface area contributed by atoms with Gasteiger partial charge in [0.25, 0.3) is 5.56 Å². The Morgan fingerprint density at radius 2 is 1.93 bits per heavy atom. The largest absolute Gasteiger partial charge is 0.324 e. The Morgan fingerprint density at radius 1 is 1.18 bits per heavy atom. The lowest BCUT2D eigenvalue weighted by molar-refractivity contribution is -0.116.